The van der Waals surface area contributed by atoms with E-state index in [4.69, 9.17) is 0 Å². The van der Waals surface area contributed by atoms with E-state index in [1.54, 1.807) is 0 Å². The molecule has 0 radical (unpaired) electrons. The van der Waals surface area contributed by atoms with Crippen molar-refractivity contribution in [1.29, 1.82) is 0 Å². The number of fused-ring (bicyclic) bond motifs is 1. The van der Waals surface area contributed by atoms with Gasteiger partial charge >= 0.3 is 0 Å². The molecule has 1 aromatic carbocycles. The van der Waals surface area contributed by atoms with E-state index in [1.165, 1.54) is 0 Å². The van der Waals surface area contributed by atoms with Crippen molar-refractivity contribution in [3.63, 3.8) is 0 Å². The largest absolute Gasteiger partial charge is 0.378 e. The minimum atomic E-state index is -0.0200. The summed E-state index contributed by atoms with van der Waals surface area (Å²) in [5.41, 5.74) is 2.66. The molecule has 2 N–H and O–H groups in total. The second-order valence-electron chi connectivity index (χ2n) is 4.97. The molecular formula is C14H16N2O2. The second-order valence-corrected chi connectivity index (χ2v) is 4.97. The third-order valence-electron chi connectivity index (χ3n) is 3.53. The summed E-state index contributed by atoms with van der Waals surface area (Å²) in [5, 5.41) is 5.93. The first-order valence-electron chi connectivity index (χ1n) is 6.42. The minimum Gasteiger partial charge on any atom is -0.378 e. The fraction of sp³-hybridized carbons (Fsp3) is 0.429. The number of rotatable bonds is 4. The third kappa shape index (κ3) is 2.23. The van der Waals surface area contributed by atoms with Crippen molar-refractivity contribution in [1.82, 2.24) is 5.32 Å². The molecule has 1 aliphatic carbocycles. The average molecular weight is 244 g/mol. The second kappa shape index (κ2) is 4.44. The molecule has 1 heterocycles. The highest BCUT2D eigenvalue weighted by Crippen LogP contribution is 2.29. The summed E-state index contributed by atoms with van der Waals surface area (Å²) < 4.78 is 0. The maximum Gasteiger partial charge on any atom is 0.251 e. The Bertz CT molecular complexity index is 507. The van der Waals surface area contributed by atoms with Gasteiger partial charge in [0, 0.05) is 23.7 Å². The first-order valence-corrected chi connectivity index (χ1v) is 6.42. The maximum atomic E-state index is 11.7. The van der Waals surface area contributed by atoms with Crippen molar-refractivity contribution < 1.29 is 9.59 Å². The topological polar surface area (TPSA) is 58.2 Å². The van der Waals surface area contributed by atoms with E-state index in [1.807, 2.05) is 18.2 Å². The minimum absolute atomic E-state index is 0.0200. The summed E-state index contributed by atoms with van der Waals surface area (Å²) in [4.78, 5) is 23.3. The molecule has 0 unspecified atom stereocenters. The molecule has 0 saturated heterocycles. The highest BCUT2D eigenvalue weighted by atomic mass is 16.1. The van der Waals surface area contributed by atoms with Gasteiger partial charge in [-0.15, -0.1) is 0 Å². The highest BCUT2D eigenvalue weighted by Gasteiger charge is 2.28. The molecule has 94 valence electrons. The van der Waals surface area contributed by atoms with Crippen molar-refractivity contribution in [2.75, 3.05) is 18.4 Å². The fourth-order valence-corrected chi connectivity index (χ4v) is 2.26. The van der Waals surface area contributed by atoms with Gasteiger partial charge in [-0.2, -0.15) is 0 Å². The van der Waals surface area contributed by atoms with Gasteiger partial charge < -0.3 is 10.6 Å². The molecule has 4 nitrogen and oxygen atoms in total. The van der Waals surface area contributed by atoms with Gasteiger partial charge in [-0.25, -0.2) is 0 Å². The zero-order chi connectivity index (χ0) is 12.5. The van der Waals surface area contributed by atoms with Gasteiger partial charge in [0.15, 0.2) is 5.78 Å². The molecule has 3 rings (SSSR count). The molecule has 0 atom stereocenters. The molecule has 2 aliphatic rings. The van der Waals surface area contributed by atoms with Crippen LogP contribution >= 0.6 is 0 Å². The van der Waals surface area contributed by atoms with Crippen LogP contribution in [-0.4, -0.2) is 24.8 Å². The molecule has 1 aliphatic heterocycles. The Morgan fingerprint density at radius 1 is 1.39 bits per heavy atom. The molecule has 1 fully saturated rings. The predicted octanol–water partition coefficient (Wildman–Crippen LogP) is 1.36. The maximum absolute atomic E-state index is 11.7. The molecule has 1 aromatic rings. The first kappa shape index (κ1) is 11.3. The van der Waals surface area contributed by atoms with E-state index in [2.05, 4.69) is 10.6 Å². The Morgan fingerprint density at radius 2 is 2.22 bits per heavy atom. The van der Waals surface area contributed by atoms with E-state index in [0.717, 1.165) is 36.1 Å². The molecule has 1 amide bonds. The Balaban J connectivity index is 1.71. The van der Waals surface area contributed by atoms with E-state index < -0.39 is 0 Å². The zero-order valence-corrected chi connectivity index (χ0v) is 10.2. The van der Waals surface area contributed by atoms with Gasteiger partial charge in [0.2, 0.25) is 0 Å². The molecular weight excluding hydrogens is 228 g/mol. The number of ketones is 1. The lowest BCUT2D eigenvalue weighted by molar-refractivity contribution is -0.118. The van der Waals surface area contributed by atoms with Crippen LogP contribution in [0.1, 0.15) is 28.8 Å². The number of hydrogen-bond acceptors (Lipinski definition) is 3. The number of anilines is 1. The Hall–Kier alpha value is -1.84. The van der Waals surface area contributed by atoms with Crippen LogP contribution in [0.3, 0.4) is 0 Å². The summed E-state index contributed by atoms with van der Waals surface area (Å²) in [5.74, 6) is 0.531. The molecule has 4 heteroatoms. The van der Waals surface area contributed by atoms with E-state index in [-0.39, 0.29) is 17.6 Å². The molecule has 0 aromatic heterocycles. The molecule has 0 bridgehead atoms. The van der Waals surface area contributed by atoms with Gasteiger partial charge in [0.05, 0.1) is 6.54 Å². The number of carbonyl (C=O) groups is 2. The molecule has 18 heavy (non-hydrogen) atoms. The van der Waals surface area contributed by atoms with Crippen LogP contribution in [0.15, 0.2) is 18.2 Å². The van der Waals surface area contributed by atoms with Crippen molar-refractivity contribution in [3.05, 3.63) is 29.3 Å². The highest BCUT2D eigenvalue weighted by molar-refractivity contribution is 5.97. The number of hydrogen-bond donors (Lipinski definition) is 2. The quantitative estimate of drug-likeness (QED) is 0.841. The smallest absolute Gasteiger partial charge is 0.251 e. The lowest BCUT2D eigenvalue weighted by Crippen LogP contribution is -2.31. The lowest BCUT2D eigenvalue weighted by Gasteiger charge is -2.17. The van der Waals surface area contributed by atoms with Gasteiger partial charge in [-0.05, 0) is 37.0 Å². The number of amides is 1. The van der Waals surface area contributed by atoms with E-state index in [0.29, 0.717) is 13.1 Å². The summed E-state index contributed by atoms with van der Waals surface area (Å²) in [6, 6.07) is 5.75. The number of nitrogens with one attached hydrogen (secondary N) is 2. The first-order chi connectivity index (χ1) is 8.74. The Morgan fingerprint density at radius 3 is 3.00 bits per heavy atom. The summed E-state index contributed by atoms with van der Waals surface area (Å²) in [6.07, 6.45) is 2.95. The van der Waals surface area contributed by atoms with Gasteiger partial charge in [0.25, 0.3) is 5.91 Å². The molecule has 1 saturated carbocycles. The van der Waals surface area contributed by atoms with Crippen molar-refractivity contribution >= 4 is 17.4 Å². The third-order valence-corrected chi connectivity index (χ3v) is 3.53. The lowest BCUT2D eigenvalue weighted by atomic mass is 10.00. The summed E-state index contributed by atoms with van der Waals surface area (Å²) in [7, 11) is 0. The van der Waals surface area contributed by atoms with Crippen molar-refractivity contribution in [2.45, 2.75) is 19.3 Å². The van der Waals surface area contributed by atoms with E-state index >= 15 is 0 Å². The van der Waals surface area contributed by atoms with Crippen molar-refractivity contribution in [2.24, 2.45) is 5.92 Å². The van der Waals surface area contributed by atoms with Crippen LogP contribution in [0.4, 0.5) is 5.69 Å². The van der Waals surface area contributed by atoms with Gasteiger partial charge in [-0.1, -0.05) is 6.07 Å². The van der Waals surface area contributed by atoms with E-state index in [9.17, 15) is 9.59 Å². The van der Waals surface area contributed by atoms with Crippen LogP contribution in [-0.2, 0) is 11.2 Å². The van der Waals surface area contributed by atoms with Crippen LogP contribution in [0.5, 0.6) is 0 Å². The SMILES string of the molecule is O=C1NCCc2ccc(NCC(=O)C3CC3)cc21. The van der Waals surface area contributed by atoms with Crippen LogP contribution in [0, 0.1) is 5.92 Å². The van der Waals surface area contributed by atoms with Crippen LogP contribution in [0.2, 0.25) is 0 Å². The monoisotopic (exact) mass is 244 g/mol. The number of carbonyl (C=O) groups excluding carboxylic acids is 2. The normalized spacial score (nSPS) is 17.9. The van der Waals surface area contributed by atoms with Gasteiger partial charge in [0.1, 0.15) is 0 Å². The summed E-state index contributed by atoms with van der Waals surface area (Å²) >= 11 is 0. The molecule has 0 spiro atoms. The van der Waals surface area contributed by atoms with Crippen molar-refractivity contribution in [3.8, 4) is 0 Å². The summed E-state index contributed by atoms with van der Waals surface area (Å²) in [6.45, 7) is 1.07. The average Bonchev–Trinajstić information content (AvgIpc) is 3.21. The van der Waals surface area contributed by atoms with Crippen LogP contribution < -0.4 is 10.6 Å². The zero-order valence-electron chi connectivity index (χ0n) is 10.2. The number of benzene rings is 1. The standard InChI is InChI=1S/C14H16N2O2/c17-13(10-1-2-10)8-16-11-4-3-9-5-6-15-14(18)12(9)7-11/h3-4,7,10,16H,1-2,5-6,8H2,(H,15,18). The Kier molecular flexibility index (Phi) is 2.78. The van der Waals surface area contributed by atoms with Crippen LogP contribution in [0.25, 0.3) is 0 Å². The number of Topliss-reactive ketones (excluding diaryl/α,β-unsaturated/α-hetero) is 1. The Labute approximate surface area is 106 Å². The predicted molar refractivity (Wildman–Crippen MR) is 68.7 cm³/mol. The fourth-order valence-electron chi connectivity index (χ4n) is 2.26. The van der Waals surface area contributed by atoms with Gasteiger partial charge in [-0.3, -0.25) is 9.59 Å².